The average Bonchev–Trinajstić information content (AvgIpc) is 2.62. The number of para-hydroxylation sites is 1. The molecule has 1 atom stereocenters. The molecule has 0 saturated carbocycles. The molecule has 1 heterocycles. The molecule has 0 bridgehead atoms. The van der Waals surface area contributed by atoms with E-state index in [-0.39, 0.29) is 16.7 Å². The Morgan fingerprint density at radius 2 is 2.12 bits per heavy atom. The summed E-state index contributed by atoms with van der Waals surface area (Å²) >= 11 is 3.55. The van der Waals surface area contributed by atoms with Crippen molar-refractivity contribution in [1.29, 1.82) is 0 Å². The van der Waals surface area contributed by atoms with Gasteiger partial charge in [0.1, 0.15) is 11.8 Å². The summed E-state index contributed by atoms with van der Waals surface area (Å²) in [6, 6.07) is 13.1. The van der Waals surface area contributed by atoms with E-state index in [0.717, 1.165) is 10.0 Å². The Morgan fingerprint density at radius 1 is 1.32 bits per heavy atom. The molecule has 2 aromatic carbocycles. The molecule has 2 aromatic rings. The highest BCUT2D eigenvalue weighted by Crippen LogP contribution is 2.39. The normalized spacial score (nSPS) is 17.4. The molecule has 0 N–H and O–H groups in total. The number of morpholine rings is 1. The number of nitrogens with zero attached hydrogens (tertiary/aromatic N) is 2. The van der Waals surface area contributed by atoms with Crippen LogP contribution in [0.4, 0.5) is 11.4 Å². The summed E-state index contributed by atoms with van der Waals surface area (Å²) in [5.41, 5.74) is 1.62. The van der Waals surface area contributed by atoms with Crippen LogP contribution in [0.3, 0.4) is 0 Å². The number of nitro benzene ring substituents is 1. The molecule has 0 amide bonds. The number of hydrogen-bond acceptors (Lipinski definition) is 5. The summed E-state index contributed by atoms with van der Waals surface area (Å²) in [5.74, 6) is 0.300. The van der Waals surface area contributed by atoms with Gasteiger partial charge >= 0.3 is 5.69 Å². The van der Waals surface area contributed by atoms with Crippen molar-refractivity contribution in [1.82, 2.24) is 0 Å². The SMILES string of the molecule is CCOc1cccc(N2CCOC(c3ccccc3Br)C2)c1[N+](=O)[O-]. The molecule has 0 aliphatic carbocycles. The van der Waals surface area contributed by atoms with Gasteiger partial charge in [-0.05, 0) is 30.7 Å². The fourth-order valence-electron chi connectivity index (χ4n) is 3.01. The number of hydrogen-bond donors (Lipinski definition) is 0. The summed E-state index contributed by atoms with van der Waals surface area (Å²) in [4.78, 5) is 13.2. The van der Waals surface area contributed by atoms with Crippen molar-refractivity contribution in [3.05, 3.63) is 62.6 Å². The van der Waals surface area contributed by atoms with Crippen LogP contribution in [0.5, 0.6) is 5.75 Å². The first kappa shape index (κ1) is 17.7. The molecule has 1 saturated heterocycles. The van der Waals surface area contributed by atoms with Gasteiger partial charge in [-0.15, -0.1) is 0 Å². The van der Waals surface area contributed by atoms with Crippen molar-refractivity contribution in [3.63, 3.8) is 0 Å². The maximum Gasteiger partial charge on any atom is 0.333 e. The third kappa shape index (κ3) is 3.77. The van der Waals surface area contributed by atoms with Crippen molar-refractivity contribution in [2.45, 2.75) is 13.0 Å². The molecule has 7 heteroatoms. The van der Waals surface area contributed by atoms with Gasteiger partial charge in [-0.2, -0.15) is 0 Å². The molecule has 132 valence electrons. The lowest BCUT2D eigenvalue weighted by Gasteiger charge is -2.34. The predicted molar refractivity (Wildman–Crippen MR) is 99.3 cm³/mol. The van der Waals surface area contributed by atoms with E-state index in [1.807, 2.05) is 36.1 Å². The van der Waals surface area contributed by atoms with E-state index in [2.05, 4.69) is 15.9 Å². The van der Waals surface area contributed by atoms with Gasteiger partial charge in [0.05, 0.1) is 18.1 Å². The first-order valence-electron chi connectivity index (χ1n) is 8.13. The summed E-state index contributed by atoms with van der Waals surface area (Å²) in [7, 11) is 0. The lowest BCUT2D eigenvalue weighted by molar-refractivity contribution is -0.385. The number of ether oxygens (including phenoxy) is 2. The Hall–Kier alpha value is -2.12. The zero-order valence-electron chi connectivity index (χ0n) is 13.9. The Morgan fingerprint density at radius 3 is 2.84 bits per heavy atom. The highest BCUT2D eigenvalue weighted by molar-refractivity contribution is 9.10. The van der Waals surface area contributed by atoms with Gasteiger partial charge in [0, 0.05) is 17.6 Å². The maximum absolute atomic E-state index is 11.6. The molecular weight excluding hydrogens is 388 g/mol. The molecule has 1 unspecified atom stereocenters. The molecule has 0 radical (unpaired) electrons. The molecule has 1 fully saturated rings. The number of benzene rings is 2. The minimum atomic E-state index is -0.372. The number of anilines is 1. The van der Waals surface area contributed by atoms with E-state index in [4.69, 9.17) is 9.47 Å². The second kappa shape index (κ2) is 7.84. The fourth-order valence-corrected chi connectivity index (χ4v) is 3.55. The third-order valence-electron chi connectivity index (χ3n) is 4.12. The van der Waals surface area contributed by atoms with Gasteiger partial charge in [0.15, 0.2) is 5.75 Å². The van der Waals surface area contributed by atoms with Crippen molar-refractivity contribution >= 4 is 27.3 Å². The Kier molecular flexibility index (Phi) is 5.55. The fraction of sp³-hybridized carbons (Fsp3) is 0.333. The van der Waals surface area contributed by atoms with Gasteiger partial charge in [0.2, 0.25) is 0 Å². The van der Waals surface area contributed by atoms with Crippen molar-refractivity contribution in [2.24, 2.45) is 0 Å². The summed E-state index contributed by atoms with van der Waals surface area (Å²) in [6.07, 6.45) is -0.153. The van der Waals surface area contributed by atoms with E-state index in [9.17, 15) is 10.1 Å². The van der Waals surface area contributed by atoms with Crippen LogP contribution in [0.15, 0.2) is 46.9 Å². The first-order valence-corrected chi connectivity index (χ1v) is 8.92. The summed E-state index contributed by atoms with van der Waals surface area (Å²) < 4.78 is 12.3. The third-order valence-corrected chi connectivity index (χ3v) is 4.84. The number of halogens is 1. The van der Waals surface area contributed by atoms with Crippen LogP contribution in [0.1, 0.15) is 18.6 Å². The Balaban J connectivity index is 1.93. The van der Waals surface area contributed by atoms with Gasteiger partial charge in [-0.1, -0.05) is 40.2 Å². The van der Waals surface area contributed by atoms with E-state index in [0.29, 0.717) is 37.7 Å². The summed E-state index contributed by atoms with van der Waals surface area (Å²) in [5, 5.41) is 11.6. The topological polar surface area (TPSA) is 64.8 Å². The van der Waals surface area contributed by atoms with Gasteiger partial charge in [-0.3, -0.25) is 10.1 Å². The zero-order valence-corrected chi connectivity index (χ0v) is 15.4. The van der Waals surface area contributed by atoms with Crippen LogP contribution >= 0.6 is 15.9 Å². The lowest BCUT2D eigenvalue weighted by atomic mass is 10.1. The molecule has 0 aromatic heterocycles. The molecular formula is C18H19BrN2O4. The summed E-state index contributed by atoms with van der Waals surface area (Å²) in [6.45, 7) is 3.83. The smallest absolute Gasteiger partial charge is 0.333 e. The van der Waals surface area contributed by atoms with Crippen LogP contribution < -0.4 is 9.64 Å². The minimum Gasteiger partial charge on any atom is -0.487 e. The van der Waals surface area contributed by atoms with E-state index < -0.39 is 0 Å². The lowest BCUT2D eigenvalue weighted by Crippen LogP contribution is -2.38. The highest BCUT2D eigenvalue weighted by atomic mass is 79.9. The van der Waals surface area contributed by atoms with E-state index in [1.54, 1.807) is 18.2 Å². The second-order valence-corrected chi connectivity index (χ2v) is 6.50. The molecule has 6 nitrogen and oxygen atoms in total. The van der Waals surface area contributed by atoms with Crippen molar-refractivity contribution < 1.29 is 14.4 Å². The molecule has 0 spiro atoms. The van der Waals surface area contributed by atoms with Crippen molar-refractivity contribution in [2.75, 3.05) is 31.2 Å². The van der Waals surface area contributed by atoms with Crippen LogP contribution in [0.2, 0.25) is 0 Å². The largest absolute Gasteiger partial charge is 0.487 e. The molecule has 1 aliphatic rings. The molecule has 3 rings (SSSR count). The Labute approximate surface area is 154 Å². The van der Waals surface area contributed by atoms with Crippen LogP contribution in [0, 0.1) is 10.1 Å². The first-order chi connectivity index (χ1) is 12.1. The standard InChI is InChI=1S/C18H19BrN2O4/c1-2-24-16-9-5-8-15(18(16)21(22)23)20-10-11-25-17(12-20)13-6-3-4-7-14(13)19/h3-9,17H,2,10-12H2,1H3. The van der Waals surface area contributed by atoms with Crippen LogP contribution in [0.25, 0.3) is 0 Å². The van der Waals surface area contributed by atoms with Gasteiger partial charge < -0.3 is 14.4 Å². The van der Waals surface area contributed by atoms with Gasteiger partial charge in [0.25, 0.3) is 0 Å². The van der Waals surface area contributed by atoms with Crippen LogP contribution in [-0.2, 0) is 4.74 Å². The van der Waals surface area contributed by atoms with Crippen molar-refractivity contribution in [3.8, 4) is 5.75 Å². The van der Waals surface area contributed by atoms with Gasteiger partial charge in [-0.25, -0.2) is 0 Å². The monoisotopic (exact) mass is 406 g/mol. The maximum atomic E-state index is 11.6. The zero-order chi connectivity index (χ0) is 17.8. The van der Waals surface area contributed by atoms with E-state index in [1.165, 1.54) is 0 Å². The van der Waals surface area contributed by atoms with E-state index >= 15 is 0 Å². The number of rotatable bonds is 5. The predicted octanol–water partition coefficient (Wildman–Crippen LogP) is 4.33. The van der Waals surface area contributed by atoms with Crippen LogP contribution in [-0.4, -0.2) is 31.2 Å². The quantitative estimate of drug-likeness (QED) is 0.545. The average molecular weight is 407 g/mol. The Bertz CT molecular complexity index is 768. The second-order valence-electron chi connectivity index (χ2n) is 5.64. The minimum absolute atomic E-state index is 0.0112. The molecule has 25 heavy (non-hydrogen) atoms. The number of nitro groups is 1. The molecule has 1 aliphatic heterocycles. The highest BCUT2D eigenvalue weighted by Gasteiger charge is 2.30.